The third-order valence-corrected chi connectivity index (χ3v) is 4.38. The minimum absolute atomic E-state index is 0. The fourth-order valence-electron chi connectivity index (χ4n) is 3.11. The Bertz CT molecular complexity index is 747. The van der Waals surface area contributed by atoms with Crippen LogP contribution in [0.15, 0.2) is 42.5 Å². The second-order valence-corrected chi connectivity index (χ2v) is 5.78. The van der Waals surface area contributed by atoms with Crippen molar-refractivity contribution in [2.75, 3.05) is 13.1 Å². The highest BCUT2D eigenvalue weighted by Gasteiger charge is 2.36. The maximum absolute atomic E-state index is 12.7. The molecule has 128 valence electrons. The SMILES string of the molecule is Cl.Cn1c(C(=O)N2C[C@@H](N)[C@H](c3ccccc3)C2)ccc1[N+](=O)[O-]. The molecular weight excluding hydrogens is 332 g/mol. The van der Waals surface area contributed by atoms with Gasteiger partial charge in [-0.05, 0) is 16.6 Å². The van der Waals surface area contributed by atoms with Crippen molar-refractivity contribution in [3.05, 3.63) is 63.8 Å². The van der Waals surface area contributed by atoms with Gasteiger partial charge in [-0.2, -0.15) is 0 Å². The number of nitrogens with two attached hydrogens (primary N) is 1. The number of amides is 1. The average Bonchev–Trinajstić information content (AvgIpc) is 3.11. The van der Waals surface area contributed by atoms with E-state index in [1.54, 1.807) is 4.90 Å². The molecule has 1 aliphatic rings. The lowest BCUT2D eigenvalue weighted by molar-refractivity contribution is -0.391. The topological polar surface area (TPSA) is 94.4 Å². The summed E-state index contributed by atoms with van der Waals surface area (Å²) >= 11 is 0. The second kappa shape index (κ2) is 7.02. The number of hydrogen-bond acceptors (Lipinski definition) is 4. The van der Waals surface area contributed by atoms with E-state index in [9.17, 15) is 14.9 Å². The van der Waals surface area contributed by atoms with Crippen molar-refractivity contribution in [1.29, 1.82) is 0 Å². The first-order chi connectivity index (χ1) is 11.0. The van der Waals surface area contributed by atoms with Crippen molar-refractivity contribution >= 4 is 24.1 Å². The van der Waals surface area contributed by atoms with Crippen molar-refractivity contribution in [3.63, 3.8) is 0 Å². The van der Waals surface area contributed by atoms with Crippen molar-refractivity contribution in [1.82, 2.24) is 9.47 Å². The van der Waals surface area contributed by atoms with E-state index >= 15 is 0 Å². The number of halogens is 1. The van der Waals surface area contributed by atoms with Gasteiger partial charge >= 0.3 is 5.82 Å². The molecule has 0 spiro atoms. The zero-order valence-electron chi connectivity index (χ0n) is 13.2. The van der Waals surface area contributed by atoms with Gasteiger partial charge in [-0.25, -0.2) is 4.57 Å². The molecule has 24 heavy (non-hydrogen) atoms. The molecule has 1 saturated heterocycles. The Morgan fingerprint density at radius 3 is 2.46 bits per heavy atom. The van der Waals surface area contributed by atoms with Gasteiger partial charge in [-0.3, -0.25) is 4.79 Å². The van der Waals surface area contributed by atoms with E-state index in [4.69, 9.17) is 5.73 Å². The Morgan fingerprint density at radius 1 is 1.21 bits per heavy atom. The molecule has 2 atom stereocenters. The van der Waals surface area contributed by atoms with Crippen molar-refractivity contribution < 1.29 is 9.72 Å². The Labute approximate surface area is 145 Å². The lowest BCUT2D eigenvalue weighted by Gasteiger charge is -2.15. The molecule has 0 radical (unpaired) electrons. The van der Waals surface area contributed by atoms with E-state index in [0.717, 1.165) is 5.56 Å². The predicted molar refractivity (Wildman–Crippen MR) is 92.4 cm³/mol. The van der Waals surface area contributed by atoms with Crippen LogP contribution >= 0.6 is 12.4 Å². The van der Waals surface area contributed by atoms with Gasteiger partial charge < -0.3 is 20.7 Å². The molecule has 1 fully saturated rings. The van der Waals surface area contributed by atoms with Gasteiger partial charge in [0.15, 0.2) is 5.69 Å². The Morgan fingerprint density at radius 2 is 1.88 bits per heavy atom. The number of nitro groups is 1. The number of carbonyl (C=O) groups is 1. The van der Waals surface area contributed by atoms with Gasteiger partial charge in [0.2, 0.25) is 0 Å². The lowest BCUT2D eigenvalue weighted by atomic mass is 9.95. The summed E-state index contributed by atoms with van der Waals surface area (Å²) in [5.41, 5.74) is 7.61. The van der Waals surface area contributed by atoms with E-state index in [-0.39, 0.29) is 36.1 Å². The molecule has 0 unspecified atom stereocenters. The van der Waals surface area contributed by atoms with Crippen LogP contribution < -0.4 is 5.73 Å². The van der Waals surface area contributed by atoms with Gasteiger partial charge in [0, 0.05) is 31.1 Å². The van der Waals surface area contributed by atoms with Crippen molar-refractivity contribution in [2.45, 2.75) is 12.0 Å². The number of likely N-dealkylation sites (tertiary alicyclic amines) is 1. The standard InChI is InChI=1S/C16H18N4O3.ClH/c1-18-14(7-8-15(18)20(22)23)16(21)19-9-12(13(17)10-19)11-5-3-2-4-6-11;/h2-8,12-13H,9-10,17H2,1H3;1H/t12-,13+;/m0./s1. The fraction of sp³-hybridized carbons (Fsp3) is 0.312. The minimum atomic E-state index is -0.501. The third kappa shape index (κ3) is 3.13. The van der Waals surface area contributed by atoms with Gasteiger partial charge in [0.1, 0.15) is 0 Å². The molecule has 0 aliphatic carbocycles. The number of aromatic nitrogens is 1. The fourth-order valence-corrected chi connectivity index (χ4v) is 3.11. The third-order valence-electron chi connectivity index (χ3n) is 4.38. The molecule has 3 rings (SSSR count). The molecule has 0 saturated carbocycles. The van der Waals surface area contributed by atoms with Gasteiger partial charge in [-0.15, -0.1) is 12.4 Å². The van der Waals surface area contributed by atoms with E-state index in [0.29, 0.717) is 18.8 Å². The summed E-state index contributed by atoms with van der Waals surface area (Å²) < 4.78 is 1.31. The molecule has 2 aromatic rings. The molecule has 1 aromatic carbocycles. The number of hydrogen-bond donors (Lipinski definition) is 1. The van der Waals surface area contributed by atoms with E-state index in [2.05, 4.69) is 0 Å². The Balaban J connectivity index is 0.00000208. The lowest BCUT2D eigenvalue weighted by Crippen LogP contribution is -2.33. The Kier molecular flexibility index (Phi) is 5.26. The van der Waals surface area contributed by atoms with Crippen LogP contribution in [0.2, 0.25) is 0 Å². The highest BCUT2D eigenvalue weighted by Crippen LogP contribution is 2.28. The number of rotatable bonds is 3. The van der Waals surface area contributed by atoms with Gasteiger partial charge in [-0.1, -0.05) is 30.3 Å². The second-order valence-electron chi connectivity index (χ2n) is 5.78. The summed E-state index contributed by atoms with van der Waals surface area (Å²) in [6, 6.07) is 12.5. The quantitative estimate of drug-likeness (QED) is 0.675. The number of nitrogens with zero attached hydrogens (tertiary/aromatic N) is 3. The minimum Gasteiger partial charge on any atom is -0.358 e. The van der Waals surface area contributed by atoms with Crippen LogP contribution in [0.25, 0.3) is 0 Å². The molecule has 1 amide bonds. The van der Waals surface area contributed by atoms with E-state index in [1.165, 1.54) is 23.7 Å². The maximum atomic E-state index is 12.7. The van der Waals surface area contributed by atoms with Crippen molar-refractivity contribution in [3.8, 4) is 0 Å². The normalized spacial score (nSPS) is 19.8. The summed E-state index contributed by atoms with van der Waals surface area (Å²) in [6.45, 7) is 0.959. The van der Waals surface area contributed by atoms with Crippen LogP contribution in [-0.2, 0) is 7.05 Å². The highest BCUT2D eigenvalue weighted by molar-refractivity contribution is 5.93. The molecule has 2 N–H and O–H groups in total. The summed E-state index contributed by atoms with van der Waals surface area (Å²) in [7, 11) is 1.52. The van der Waals surface area contributed by atoms with Crippen molar-refractivity contribution in [2.24, 2.45) is 12.8 Å². The first kappa shape index (κ1) is 18.0. The number of benzene rings is 1. The first-order valence-corrected chi connectivity index (χ1v) is 7.39. The van der Waals surface area contributed by atoms with E-state index < -0.39 is 4.92 Å². The summed E-state index contributed by atoms with van der Waals surface area (Å²) in [6.07, 6.45) is 0. The highest BCUT2D eigenvalue weighted by atomic mass is 35.5. The molecule has 0 bridgehead atoms. The molecule has 2 heterocycles. The van der Waals surface area contributed by atoms with Crippen LogP contribution in [0.3, 0.4) is 0 Å². The van der Waals surface area contributed by atoms with Gasteiger partial charge in [0.05, 0.1) is 7.05 Å². The zero-order valence-corrected chi connectivity index (χ0v) is 14.0. The maximum Gasteiger partial charge on any atom is 0.323 e. The molecule has 7 nitrogen and oxygen atoms in total. The van der Waals surface area contributed by atoms with E-state index in [1.807, 2.05) is 30.3 Å². The van der Waals surface area contributed by atoms with Crippen LogP contribution in [0.1, 0.15) is 22.0 Å². The van der Waals surface area contributed by atoms with Crippen LogP contribution in [0, 0.1) is 10.1 Å². The Hall–Kier alpha value is -2.38. The van der Waals surface area contributed by atoms with Gasteiger partial charge in [0.25, 0.3) is 5.91 Å². The summed E-state index contributed by atoms with van der Waals surface area (Å²) in [4.78, 5) is 24.7. The van der Waals surface area contributed by atoms with Crippen LogP contribution in [0.4, 0.5) is 5.82 Å². The monoisotopic (exact) mass is 350 g/mol. The molecular formula is C16H19ClN4O3. The van der Waals surface area contributed by atoms with Crippen LogP contribution in [0.5, 0.6) is 0 Å². The summed E-state index contributed by atoms with van der Waals surface area (Å²) in [5, 5.41) is 10.9. The largest absolute Gasteiger partial charge is 0.358 e. The van der Waals surface area contributed by atoms with Crippen LogP contribution in [-0.4, -0.2) is 39.4 Å². The predicted octanol–water partition coefficient (Wildman–Crippen LogP) is 1.92. The molecule has 1 aromatic heterocycles. The number of carbonyl (C=O) groups excluding carboxylic acids is 1. The average molecular weight is 351 g/mol. The molecule has 8 heteroatoms. The summed E-state index contributed by atoms with van der Waals surface area (Å²) in [5.74, 6) is -0.249. The molecule has 1 aliphatic heterocycles. The zero-order chi connectivity index (χ0) is 16.6. The first-order valence-electron chi connectivity index (χ1n) is 7.39. The smallest absolute Gasteiger partial charge is 0.323 e.